The average Bonchev–Trinajstić information content (AvgIpc) is 2.85. The lowest BCUT2D eigenvalue weighted by Crippen LogP contribution is -2.36. The number of amides is 1. The smallest absolute Gasteiger partial charge is 0.462 e. The number of anilines is 1. The third kappa shape index (κ3) is 7.34. The topological polar surface area (TPSA) is 55.8 Å². The molecule has 35 heavy (non-hydrogen) atoms. The number of carbonyl (C=O) groups is 2. The minimum atomic E-state index is -4.76. The molecule has 0 saturated carbocycles. The van der Waals surface area contributed by atoms with Gasteiger partial charge in [-0.3, -0.25) is 9.69 Å². The highest BCUT2D eigenvalue weighted by atomic mass is 19.4. The number of esters is 1. The number of nitrogens with zero attached hydrogens (tertiary/aromatic N) is 1. The summed E-state index contributed by atoms with van der Waals surface area (Å²) in [5, 5.41) is 0. The standard InChI is InChI=1S/C27H26F3NO4/c1-3-4-5-19-6-8-20(9-7-19)18-31(25(32)26(33)34-2)23-14-10-21(11-15-23)22-12-16-24(17-13-22)35-27(28,29)30/h6-17H,3-5,18H2,1-2H3. The van der Waals surface area contributed by atoms with Crippen molar-refractivity contribution in [3.05, 3.63) is 83.9 Å². The van der Waals surface area contributed by atoms with Gasteiger partial charge in [-0.05, 0) is 59.4 Å². The lowest BCUT2D eigenvalue weighted by molar-refractivity contribution is -0.274. The maximum Gasteiger partial charge on any atom is 0.573 e. The van der Waals surface area contributed by atoms with Crippen LogP contribution in [0.2, 0.25) is 0 Å². The molecule has 0 aromatic heterocycles. The van der Waals surface area contributed by atoms with Gasteiger partial charge in [0.25, 0.3) is 0 Å². The van der Waals surface area contributed by atoms with E-state index in [1.807, 2.05) is 24.3 Å². The zero-order valence-electron chi connectivity index (χ0n) is 19.5. The van der Waals surface area contributed by atoms with E-state index in [1.54, 1.807) is 24.3 Å². The number of rotatable bonds is 8. The molecular weight excluding hydrogens is 459 g/mol. The van der Waals surface area contributed by atoms with Gasteiger partial charge in [-0.25, -0.2) is 4.79 Å². The molecule has 3 aromatic carbocycles. The molecule has 0 heterocycles. The van der Waals surface area contributed by atoms with Crippen LogP contribution in [0.4, 0.5) is 18.9 Å². The number of methoxy groups -OCH3 is 1. The Labute approximate surface area is 202 Å². The number of hydrogen-bond donors (Lipinski definition) is 0. The summed E-state index contributed by atoms with van der Waals surface area (Å²) in [5.41, 5.74) is 3.93. The van der Waals surface area contributed by atoms with Crippen LogP contribution in [0.1, 0.15) is 30.9 Å². The normalized spacial score (nSPS) is 11.1. The van der Waals surface area contributed by atoms with Gasteiger partial charge in [0, 0.05) is 5.69 Å². The predicted octanol–water partition coefficient (Wildman–Crippen LogP) is 6.30. The van der Waals surface area contributed by atoms with Gasteiger partial charge >= 0.3 is 18.2 Å². The fourth-order valence-corrected chi connectivity index (χ4v) is 3.54. The molecule has 0 spiro atoms. The highest BCUT2D eigenvalue weighted by molar-refractivity contribution is 6.38. The van der Waals surface area contributed by atoms with Crippen LogP contribution in [0.15, 0.2) is 72.8 Å². The summed E-state index contributed by atoms with van der Waals surface area (Å²) in [4.78, 5) is 26.1. The van der Waals surface area contributed by atoms with Gasteiger partial charge in [0.15, 0.2) is 0 Å². The van der Waals surface area contributed by atoms with E-state index in [1.165, 1.54) is 34.7 Å². The zero-order chi connectivity index (χ0) is 25.4. The quantitative estimate of drug-likeness (QED) is 0.278. The number of carbonyl (C=O) groups excluding carboxylic acids is 2. The molecule has 0 bridgehead atoms. The predicted molar refractivity (Wildman–Crippen MR) is 127 cm³/mol. The Balaban J connectivity index is 1.80. The number of unbranched alkanes of at least 4 members (excludes halogenated alkanes) is 1. The monoisotopic (exact) mass is 485 g/mol. The van der Waals surface area contributed by atoms with Crippen molar-refractivity contribution in [2.24, 2.45) is 0 Å². The molecule has 0 fully saturated rings. The molecule has 0 aliphatic rings. The summed E-state index contributed by atoms with van der Waals surface area (Å²) in [6.45, 7) is 2.30. The lowest BCUT2D eigenvalue weighted by atomic mass is 10.0. The van der Waals surface area contributed by atoms with Crippen LogP contribution in [0, 0.1) is 0 Å². The Morgan fingerprint density at radius 3 is 1.89 bits per heavy atom. The van der Waals surface area contributed by atoms with Gasteiger partial charge in [0.2, 0.25) is 0 Å². The van der Waals surface area contributed by atoms with Crippen LogP contribution >= 0.6 is 0 Å². The molecule has 0 atom stereocenters. The molecule has 0 radical (unpaired) electrons. The SMILES string of the molecule is CCCCc1ccc(CN(C(=O)C(=O)OC)c2ccc(-c3ccc(OC(F)(F)F)cc3)cc2)cc1. The van der Waals surface area contributed by atoms with E-state index in [9.17, 15) is 22.8 Å². The first-order chi connectivity index (χ1) is 16.7. The number of aryl methyl sites for hydroxylation is 1. The number of alkyl halides is 3. The fraction of sp³-hybridized carbons (Fsp3) is 0.259. The molecule has 3 rings (SSSR count). The van der Waals surface area contributed by atoms with Crippen LogP contribution in [0.25, 0.3) is 11.1 Å². The van der Waals surface area contributed by atoms with Crippen molar-refractivity contribution in [2.45, 2.75) is 39.1 Å². The van der Waals surface area contributed by atoms with E-state index in [-0.39, 0.29) is 12.3 Å². The minimum Gasteiger partial charge on any atom is -0.462 e. The van der Waals surface area contributed by atoms with Crippen molar-refractivity contribution < 1.29 is 32.2 Å². The third-order valence-electron chi connectivity index (χ3n) is 5.39. The van der Waals surface area contributed by atoms with Crippen LogP contribution < -0.4 is 9.64 Å². The highest BCUT2D eigenvalue weighted by Crippen LogP contribution is 2.28. The van der Waals surface area contributed by atoms with Crippen molar-refractivity contribution in [1.29, 1.82) is 0 Å². The van der Waals surface area contributed by atoms with Gasteiger partial charge < -0.3 is 9.47 Å². The van der Waals surface area contributed by atoms with E-state index >= 15 is 0 Å². The van der Waals surface area contributed by atoms with Crippen molar-refractivity contribution in [3.63, 3.8) is 0 Å². The zero-order valence-corrected chi connectivity index (χ0v) is 19.5. The molecule has 0 aliphatic carbocycles. The molecule has 0 saturated heterocycles. The first-order valence-electron chi connectivity index (χ1n) is 11.1. The first kappa shape index (κ1) is 25.8. The lowest BCUT2D eigenvalue weighted by Gasteiger charge is -2.22. The van der Waals surface area contributed by atoms with Crippen LogP contribution in [-0.4, -0.2) is 25.3 Å². The Morgan fingerprint density at radius 1 is 0.829 bits per heavy atom. The van der Waals surface area contributed by atoms with Gasteiger partial charge in [-0.2, -0.15) is 0 Å². The molecule has 8 heteroatoms. The largest absolute Gasteiger partial charge is 0.573 e. The maximum atomic E-state index is 12.7. The van der Waals surface area contributed by atoms with Gasteiger partial charge in [0.05, 0.1) is 13.7 Å². The summed E-state index contributed by atoms with van der Waals surface area (Å²) in [5.74, 6) is -2.09. The van der Waals surface area contributed by atoms with Crippen molar-refractivity contribution in [3.8, 4) is 16.9 Å². The highest BCUT2D eigenvalue weighted by Gasteiger charge is 2.31. The van der Waals surface area contributed by atoms with E-state index in [2.05, 4.69) is 16.4 Å². The fourth-order valence-electron chi connectivity index (χ4n) is 3.54. The van der Waals surface area contributed by atoms with Crippen molar-refractivity contribution in [1.82, 2.24) is 0 Å². The molecular formula is C27H26F3NO4. The second-order valence-electron chi connectivity index (χ2n) is 7.92. The molecule has 0 N–H and O–H groups in total. The number of halogens is 3. The Hall–Kier alpha value is -3.81. The van der Waals surface area contributed by atoms with Gasteiger partial charge in [-0.1, -0.05) is 61.9 Å². The number of benzene rings is 3. The van der Waals surface area contributed by atoms with Crippen LogP contribution in [0.3, 0.4) is 0 Å². The number of ether oxygens (including phenoxy) is 2. The van der Waals surface area contributed by atoms with Crippen LogP contribution in [-0.2, 0) is 27.3 Å². The maximum absolute atomic E-state index is 12.7. The molecule has 3 aromatic rings. The van der Waals surface area contributed by atoms with E-state index in [4.69, 9.17) is 0 Å². The summed E-state index contributed by atoms with van der Waals surface area (Å²) >= 11 is 0. The summed E-state index contributed by atoms with van der Waals surface area (Å²) in [6, 6.07) is 20.2. The van der Waals surface area contributed by atoms with Crippen molar-refractivity contribution >= 4 is 17.6 Å². The molecule has 0 aliphatic heterocycles. The van der Waals surface area contributed by atoms with Crippen LogP contribution in [0.5, 0.6) is 5.75 Å². The Bertz CT molecular complexity index is 1130. The second kappa shape index (κ2) is 11.6. The third-order valence-corrected chi connectivity index (χ3v) is 5.39. The van der Waals surface area contributed by atoms with E-state index < -0.39 is 18.2 Å². The number of hydrogen-bond acceptors (Lipinski definition) is 4. The van der Waals surface area contributed by atoms with Gasteiger partial charge in [-0.15, -0.1) is 13.2 Å². The molecule has 184 valence electrons. The average molecular weight is 486 g/mol. The minimum absolute atomic E-state index is 0.171. The van der Waals surface area contributed by atoms with Gasteiger partial charge in [0.1, 0.15) is 5.75 Å². The molecule has 5 nitrogen and oxygen atoms in total. The van der Waals surface area contributed by atoms with E-state index in [0.717, 1.165) is 37.5 Å². The Kier molecular flexibility index (Phi) is 8.52. The second-order valence-corrected chi connectivity index (χ2v) is 7.92. The van der Waals surface area contributed by atoms with E-state index in [0.29, 0.717) is 11.3 Å². The Morgan fingerprint density at radius 2 is 1.37 bits per heavy atom. The molecule has 1 amide bonds. The van der Waals surface area contributed by atoms with Crippen molar-refractivity contribution in [2.75, 3.05) is 12.0 Å². The summed E-state index contributed by atoms with van der Waals surface area (Å²) in [7, 11) is 1.15. The summed E-state index contributed by atoms with van der Waals surface area (Å²) in [6.07, 6.45) is -1.58. The summed E-state index contributed by atoms with van der Waals surface area (Å²) < 4.78 is 45.6. The first-order valence-corrected chi connectivity index (χ1v) is 11.1. The molecule has 0 unspecified atom stereocenters.